The Bertz CT molecular complexity index is 1220. The van der Waals surface area contributed by atoms with Crippen LogP contribution in [0.15, 0.2) is 24.3 Å². The monoisotopic (exact) mass is 625 g/mol. The van der Waals surface area contributed by atoms with E-state index in [0.717, 1.165) is 26.0 Å². The fourth-order valence-electron chi connectivity index (χ4n) is 4.39. The number of nitro benzene ring substituents is 1. The van der Waals surface area contributed by atoms with Crippen LogP contribution in [0.4, 0.5) is 5.69 Å². The number of hydrogen-bond donors (Lipinski definition) is 7. The number of carbonyl (C=O) groups excluding carboxylic acids is 2. The first-order valence-electron chi connectivity index (χ1n) is 12.3. The molecule has 42 heavy (non-hydrogen) atoms. The van der Waals surface area contributed by atoms with Gasteiger partial charge in [0.15, 0.2) is 6.29 Å². The van der Waals surface area contributed by atoms with Gasteiger partial charge in [0.1, 0.15) is 54.5 Å². The third-order valence-corrected chi connectivity index (χ3v) is 6.70. The highest BCUT2D eigenvalue weighted by Crippen LogP contribution is 2.31. The quantitative estimate of drug-likeness (QED) is 0.0720. The van der Waals surface area contributed by atoms with Crippen LogP contribution in [0.5, 0.6) is 5.75 Å². The number of benzene rings is 1. The summed E-state index contributed by atoms with van der Waals surface area (Å²) in [5.41, 5.74) is -0.270. The Labute approximate surface area is 238 Å². The maximum absolute atomic E-state index is 12.0. The van der Waals surface area contributed by atoms with Crippen LogP contribution in [0.3, 0.4) is 0 Å². The molecule has 0 unspecified atom stereocenters. The zero-order valence-corrected chi connectivity index (χ0v) is 22.9. The molecule has 3 rings (SSSR count). The number of aliphatic hydroxyl groups excluding tert-OH is 4. The molecule has 7 N–H and O–H groups in total. The van der Waals surface area contributed by atoms with Crippen molar-refractivity contribution in [2.75, 3.05) is 13.2 Å². The normalized spacial score (nSPS) is 33.4. The predicted molar refractivity (Wildman–Crippen MR) is 134 cm³/mol. The molecule has 1 aromatic rings. The second kappa shape index (κ2) is 13.9. The van der Waals surface area contributed by atoms with Crippen molar-refractivity contribution in [3.8, 4) is 5.75 Å². The Kier molecular flexibility index (Phi) is 11.1. The second-order valence-electron chi connectivity index (χ2n) is 9.37. The van der Waals surface area contributed by atoms with Crippen LogP contribution in [-0.4, -0.2) is 125 Å². The lowest BCUT2D eigenvalue weighted by molar-refractivity contribution is -0.384. The lowest BCUT2D eigenvalue weighted by atomic mass is 9.94. The largest absolute Gasteiger partial charge is 0.463 e. The number of rotatable bonds is 11. The van der Waals surface area contributed by atoms with E-state index in [1.807, 2.05) is 0 Å². The van der Waals surface area contributed by atoms with Gasteiger partial charge in [-0.25, -0.2) is 4.18 Å². The van der Waals surface area contributed by atoms with Gasteiger partial charge in [-0.2, -0.15) is 8.42 Å². The van der Waals surface area contributed by atoms with Gasteiger partial charge < -0.3 is 50.0 Å². The average Bonchev–Trinajstić information content (AvgIpc) is 2.90. The zero-order chi connectivity index (χ0) is 31.4. The van der Waals surface area contributed by atoms with Crippen molar-refractivity contribution >= 4 is 27.9 Å². The van der Waals surface area contributed by atoms with E-state index < -0.39 is 102 Å². The highest BCUT2D eigenvalue weighted by Gasteiger charge is 2.52. The van der Waals surface area contributed by atoms with Crippen LogP contribution in [0.2, 0.25) is 0 Å². The van der Waals surface area contributed by atoms with Crippen LogP contribution in [0.1, 0.15) is 13.8 Å². The standard InChI is InChI=1S/C22H31N3O16S/c1-9(27)23-15-18(30)17(29)13(7-26)39-22(15)41-20-14(8-37-42(34,35)36)40-21(16(19(20)31)24-10(2)28)38-12-5-3-11(4-6-12)25(32)33/h3-6,13-22,26,29-31H,7-8H2,1-2H3,(H,23,27)(H,24,28)(H,34,35,36)/t13-,14-,15-,16-,17-,18-,19-,20-,21-,22+/m1/s1. The van der Waals surface area contributed by atoms with E-state index in [0.29, 0.717) is 0 Å². The van der Waals surface area contributed by atoms with E-state index in [4.69, 9.17) is 23.5 Å². The first kappa shape index (κ1) is 33.5. The SMILES string of the molecule is CC(=O)N[C@H]1[C@H](Oc2ccc([N+](=O)[O-])cc2)O[C@H](COS(=O)(=O)O)[C@@H](O[C@@H]2O[C@H](CO)[C@@H](O)[C@H](O)[C@H]2NC(C)=O)[C@@H]1O. The maximum Gasteiger partial charge on any atom is 0.397 e. The highest BCUT2D eigenvalue weighted by atomic mass is 32.3. The Morgan fingerprint density at radius 1 is 0.952 bits per heavy atom. The van der Waals surface area contributed by atoms with Crippen LogP contribution in [0.25, 0.3) is 0 Å². The molecule has 2 aliphatic heterocycles. The number of carbonyl (C=O) groups is 2. The smallest absolute Gasteiger partial charge is 0.397 e. The number of nitro groups is 1. The average molecular weight is 626 g/mol. The lowest BCUT2D eigenvalue weighted by Gasteiger charge is -2.48. The Morgan fingerprint density at radius 2 is 1.50 bits per heavy atom. The predicted octanol–water partition coefficient (Wildman–Crippen LogP) is -3.29. The molecule has 1 aromatic carbocycles. The molecule has 2 amide bonds. The minimum Gasteiger partial charge on any atom is -0.463 e. The van der Waals surface area contributed by atoms with Gasteiger partial charge in [-0.15, -0.1) is 0 Å². The van der Waals surface area contributed by atoms with Crippen molar-refractivity contribution in [2.24, 2.45) is 0 Å². The van der Waals surface area contributed by atoms with Crippen LogP contribution in [-0.2, 0) is 38.4 Å². The van der Waals surface area contributed by atoms with Crippen molar-refractivity contribution in [1.82, 2.24) is 10.6 Å². The van der Waals surface area contributed by atoms with Gasteiger partial charge in [-0.3, -0.25) is 24.3 Å². The minimum atomic E-state index is -5.06. The molecular formula is C22H31N3O16S. The van der Waals surface area contributed by atoms with Gasteiger partial charge >= 0.3 is 10.4 Å². The number of aliphatic hydroxyl groups is 4. The van der Waals surface area contributed by atoms with Crippen LogP contribution >= 0.6 is 0 Å². The molecular weight excluding hydrogens is 594 g/mol. The zero-order valence-electron chi connectivity index (χ0n) is 22.1. The van der Waals surface area contributed by atoms with E-state index >= 15 is 0 Å². The molecule has 0 radical (unpaired) electrons. The number of non-ortho nitro benzene ring substituents is 1. The van der Waals surface area contributed by atoms with Crippen LogP contribution < -0.4 is 15.4 Å². The number of hydrogen-bond acceptors (Lipinski definition) is 15. The molecule has 2 fully saturated rings. The summed E-state index contributed by atoms with van der Waals surface area (Å²) in [6.07, 6.45) is -13.3. The van der Waals surface area contributed by atoms with E-state index in [-0.39, 0.29) is 11.4 Å². The molecule has 20 heteroatoms. The van der Waals surface area contributed by atoms with E-state index in [1.165, 1.54) is 12.1 Å². The summed E-state index contributed by atoms with van der Waals surface area (Å²) >= 11 is 0. The number of ether oxygens (including phenoxy) is 4. The van der Waals surface area contributed by atoms with Crippen molar-refractivity contribution in [3.63, 3.8) is 0 Å². The number of nitrogens with one attached hydrogen (secondary N) is 2. The molecule has 0 bridgehead atoms. The fraction of sp³-hybridized carbons (Fsp3) is 0.636. The molecule has 2 heterocycles. The Balaban J connectivity index is 1.96. The lowest BCUT2D eigenvalue weighted by Crippen LogP contribution is -2.69. The van der Waals surface area contributed by atoms with Gasteiger partial charge in [0.05, 0.1) is 18.1 Å². The minimum absolute atomic E-state index is 0.0220. The van der Waals surface area contributed by atoms with Crippen LogP contribution in [0, 0.1) is 10.1 Å². The molecule has 19 nitrogen and oxygen atoms in total. The van der Waals surface area contributed by atoms with Gasteiger partial charge in [0.25, 0.3) is 5.69 Å². The molecule has 0 aromatic heterocycles. The molecule has 2 aliphatic rings. The van der Waals surface area contributed by atoms with Gasteiger partial charge in [0, 0.05) is 26.0 Å². The summed E-state index contributed by atoms with van der Waals surface area (Å²) in [6, 6.07) is 1.65. The van der Waals surface area contributed by atoms with Crippen molar-refractivity contribution in [2.45, 2.75) is 75.1 Å². The molecule has 0 saturated carbocycles. The summed E-state index contributed by atoms with van der Waals surface area (Å²) in [6.45, 7) is 0.380. The van der Waals surface area contributed by atoms with Crippen molar-refractivity contribution in [1.29, 1.82) is 0 Å². The van der Waals surface area contributed by atoms with Crippen molar-refractivity contribution in [3.05, 3.63) is 34.4 Å². The molecule has 2 saturated heterocycles. The van der Waals surface area contributed by atoms with Gasteiger partial charge in [0.2, 0.25) is 18.1 Å². The number of amides is 2. The molecule has 10 atom stereocenters. The number of nitrogens with zero attached hydrogens (tertiary/aromatic N) is 1. The van der Waals surface area contributed by atoms with Gasteiger partial charge in [-0.05, 0) is 12.1 Å². The van der Waals surface area contributed by atoms with Gasteiger partial charge in [-0.1, -0.05) is 0 Å². The maximum atomic E-state index is 12.0. The first-order chi connectivity index (χ1) is 19.6. The van der Waals surface area contributed by atoms with E-state index in [1.54, 1.807) is 0 Å². The van der Waals surface area contributed by atoms with E-state index in [9.17, 15) is 48.5 Å². The Hall–Kier alpha value is -3.05. The summed E-state index contributed by atoms with van der Waals surface area (Å²) < 4.78 is 58.9. The second-order valence-corrected chi connectivity index (χ2v) is 10.5. The molecule has 0 aliphatic carbocycles. The third-order valence-electron chi connectivity index (χ3n) is 6.27. The van der Waals surface area contributed by atoms with Crippen molar-refractivity contribution < 1.29 is 71.0 Å². The summed E-state index contributed by atoms with van der Waals surface area (Å²) in [5, 5.41) is 57.4. The third kappa shape index (κ3) is 8.50. The molecule has 236 valence electrons. The first-order valence-corrected chi connectivity index (χ1v) is 13.7. The Morgan fingerprint density at radius 3 is 2.00 bits per heavy atom. The summed E-state index contributed by atoms with van der Waals surface area (Å²) in [5.74, 6) is -1.40. The highest BCUT2D eigenvalue weighted by molar-refractivity contribution is 7.80. The van der Waals surface area contributed by atoms with E-state index in [2.05, 4.69) is 14.8 Å². The summed E-state index contributed by atoms with van der Waals surface area (Å²) in [7, 11) is -5.06. The topological polar surface area (TPSA) is 283 Å². The fourth-order valence-corrected chi connectivity index (χ4v) is 4.69. The molecule has 0 spiro atoms. The summed E-state index contributed by atoms with van der Waals surface area (Å²) in [4.78, 5) is 34.1.